The third-order valence-electron chi connectivity index (χ3n) is 5.47. The lowest BCUT2D eigenvalue weighted by Crippen LogP contribution is -2.30. The molecule has 1 saturated heterocycles. The Bertz CT molecular complexity index is 897. The van der Waals surface area contributed by atoms with Crippen LogP contribution in [0.5, 0.6) is 11.5 Å². The molecule has 2 atom stereocenters. The molecule has 144 valence electrons. The number of amides is 2. The highest BCUT2D eigenvalue weighted by Gasteiger charge is 2.48. The molecule has 0 bridgehead atoms. The topological polar surface area (TPSA) is 72.9 Å². The zero-order valence-electron chi connectivity index (χ0n) is 15.6. The maximum absolute atomic E-state index is 12.7. The number of fused-ring (bicyclic) bond motifs is 1. The van der Waals surface area contributed by atoms with Gasteiger partial charge in [-0.2, -0.15) is 0 Å². The summed E-state index contributed by atoms with van der Waals surface area (Å²) in [6, 6.07) is 13.3. The second kappa shape index (κ2) is 7.46. The minimum Gasteiger partial charge on any atom is -0.496 e. The summed E-state index contributed by atoms with van der Waals surface area (Å²) in [7, 11) is 1.49. The molecule has 2 aromatic rings. The van der Waals surface area contributed by atoms with Gasteiger partial charge in [-0.05, 0) is 49.2 Å². The first-order valence-corrected chi connectivity index (χ1v) is 9.43. The summed E-state index contributed by atoms with van der Waals surface area (Å²) in [5.41, 5.74) is 0.838. The first-order valence-electron chi connectivity index (χ1n) is 9.43. The molecule has 0 spiro atoms. The minimum atomic E-state index is -0.537. The van der Waals surface area contributed by atoms with E-state index < -0.39 is 5.97 Å². The van der Waals surface area contributed by atoms with E-state index in [1.54, 1.807) is 48.5 Å². The summed E-state index contributed by atoms with van der Waals surface area (Å²) in [6.45, 7) is 0. The lowest BCUT2D eigenvalue weighted by molar-refractivity contribution is -0.122. The van der Waals surface area contributed by atoms with Crippen LogP contribution in [-0.4, -0.2) is 24.9 Å². The van der Waals surface area contributed by atoms with Crippen LogP contribution in [0, 0.1) is 11.8 Å². The highest BCUT2D eigenvalue weighted by molar-refractivity contribution is 6.22. The van der Waals surface area contributed by atoms with Gasteiger partial charge >= 0.3 is 5.97 Å². The molecule has 6 heteroatoms. The molecule has 1 saturated carbocycles. The van der Waals surface area contributed by atoms with Gasteiger partial charge in [0.15, 0.2) is 0 Å². The van der Waals surface area contributed by atoms with Gasteiger partial charge in [-0.1, -0.05) is 25.0 Å². The molecule has 1 aliphatic carbocycles. The fourth-order valence-electron chi connectivity index (χ4n) is 4.06. The highest BCUT2D eigenvalue weighted by atomic mass is 16.5. The monoisotopic (exact) mass is 379 g/mol. The number of para-hydroxylation sites is 1. The summed E-state index contributed by atoms with van der Waals surface area (Å²) in [5.74, 6) is -0.392. The number of rotatable bonds is 4. The molecular weight excluding hydrogens is 358 g/mol. The molecule has 0 N–H and O–H groups in total. The van der Waals surface area contributed by atoms with Crippen molar-refractivity contribution >= 4 is 23.5 Å². The number of anilines is 1. The van der Waals surface area contributed by atoms with Crippen LogP contribution in [0.4, 0.5) is 5.69 Å². The number of carbonyl (C=O) groups excluding carboxylic acids is 3. The van der Waals surface area contributed by atoms with Crippen molar-refractivity contribution in [3.63, 3.8) is 0 Å². The molecule has 4 rings (SSSR count). The second-order valence-electron chi connectivity index (χ2n) is 7.09. The molecule has 1 aliphatic heterocycles. The van der Waals surface area contributed by atoms with E-state index in [9.17, 15) is 14.4 Å². The van der Waals surface area contributed by atoms with Crippen molar-refractivity contribution in [3.8, 4) is 11.5 Å². The molecule has 28 heavy (non-hydrogen) atoms. The number of carbonyl (C=O) groups is 3. The number of esters is 1. The number of methoxy groups -OCH3 is 1. The van der Waals surface area contributed by atoms with E-state index in [1.165, 1.54) is 12.0 Å². The van der Waals surface area contributed by atoms with Crippen LogP contribution in [-0.2, 0) is 9.59 Å². The summed E-state index contributed by atoms with van der Waals surface area (Å²) in [6.07, 6.45) is 3.54. The van der Waals surface area contributed by atoms with Crippen LogP contribution in [0.15, 0.2) is 48.5 Å². The van der Waals surface area contributed by atoms with Gasteiger partial charge in [0.05, 0.1) is 24.6 Å². The van der Waals surface area contributed by atoms with Crippen LogP contribution in [0.25, 0.3) is 0 Å². The zero-order chi connectivity index (χ0) is 19.7. The molecule has 2 fully saturated rings. The van der Waals surface area contributed by atoms with Crippen LogP contribution in [0.1, 0.15) is 36.0 Å². The minimum absolute atomic E-state index is 0.117. The van der Waals surface area contributed by atoms with E-state index in [0.29, 0.717) is 22.7 Å². The molecule has 2 unspecified atom stereocenters. The van der Waals surface area contributed by atoms with Gasteiger partial charge in [0, 0.05) is 0 Å². The normalized spacial score (nSPS) is 21.4. The van der Waals surface area contributed by atoms with Crippen molar-refractivity contribution in [3.05, 3.63) is 54.1 Å². The van der Waals surface area contributed by atoms with Gasteiger partial charge in [0.2, 0.25) is 11.8 Å². The van der Waals surface area contributed by atoms with Crippen molar-refractivity contribution < 1.29 is 23.9 Å². The van der Waals surface area contributed by atoms with Crippen molar-refractivity contribution in [2.45, 2.75) is 25.7 Å². The summed E-state index contributed by atoms with van der Waals surface area (Å²) < 4.78 is 10.6. The molecule has 1 heterocycles. The van der Waals surface area contributed by atoms with Gasteiger partial charge in [-0.15, -0.1) is 0 Å². The quantitative estimate of drug-likeness (QED) is 0.461. The van der Waals surface area contributed by atoms with Crippen LogP contribution in [0.2, 0.25) is 0 Å². The average Bonchev–Trinajstić information content (AvgIpc) is 2.99. The lowest BCUT2D eigenvalue weighted by Gasteiger charge is -2.19. The van der Waals surface area contributed by atoms with E-state index in [4.69, 9.17) is 9.47 Å². The fraction of sp³-hybridized carbons (Fsp3) is 0.318. The van der Waals surface area contributed by atoms with E-state index in [0.717, 1.165) is 25.7 Å². The third-order valence-corrected chi connectivity index (χ3v) is 5.47. The van der Waals surface area contributed by atoms with Crippen molar-refractivity contribution in [1.82, 2.24) is 0 Å². The van der Waals surface area contributed by atoms with Crippen LogP contribution in [0.3, 0.4) is 0 Å². The van der Waals surface area contributed by atoms with E-state index in [2.05, 4.69) is 0 Å². The van der Waals surface area contributed by atoms with Crippen molar-refractivity contribution in [1.29, 1.82) is 0 Å². The summed E-state index contributed by atoms with van der Waals surface area (Å²) in [4.78, 5) is 39.0. The van der Waals surface area contributed by atoms with Crippen molar-refractivity contribution in [2.75, 3.05) is 12.0 Å². The Morgan fingerprint density at radius 2 is 1.54 bits per heavy atom. The largest absolute Gasteiger partial charge is 0.496 e. The molecule has 6 nitrogen and oxygen atoms in total. The van der Waals surface area contributed by atoms with Gasteiger partial charge in [-0.3, -0.25) is 14.5 Å². The zero-order valence-corrected chi connectivity index (χ0v) is 15.6. The first-order chi connectivity index (χ1) is 13.6. The standard InChI is InChI=1S/C22H21NO5/c1-27-19-9-5-4-8-18(19)22(26)28-15-12-10-14(11-13-15)23-20(24)16-6-2-3-7-17(16)21(23)25/h4-5,8-13,16-17H,2-3,6-7H2,1H3. The Balaban J connectivity index is 1.51. The summed E-state index contributed by atoms with van der Waals surface area (Å²) in [5, 5.41) is 0. The molecule has 2 amide bonds. The maximum Gasteiger partial charge on any atom is 0.347 e. The second-order valence-corrected chi connectivity index (χ2v) is 7.09. The third kappa shape index (κ3) is 3.15. The number of benzene rings is 2. The smallest absolute Gasteiger partial charge is 0.347 e. The molecule has 2 aliphatic rings. The van der Waals surface area contributed by atoms with Gasteiger partial charge in [0.25, 0.3) is 0 Å². The van der Waals surface area contributed by atoms with Crippen LogP contribution < -0.4 is 14.4 Å². The molecule has 0 aromatic heterocycles. The van der Waals surface area contributed by atoms with Gasteiger partial charge < -0.3 is 9.47 Å². The van der Waals surface area contributed by atoms with Gasteiger partial charge in [-0.25, -0.2) is 4.79 Å². The lowest BCUT2D eigenvalue weighted by atomic mass is 9.81. The number of imide groups is 1. The maximum atomic E-state index is 12.7. The fourth-order valence-corrected chi connectivity index (χ4v) is 4.06. The Morgan fingerprint density at radius 3 is 2.14 bits per heavy atom. The summed E-state index contributed by atoms with van der Waals surface area (Å²) >= 11 is 0. The number of hydrogen-bond acceptors (Lipinski definition) is 5. The van der Waals surface area contributed by atoms with Crippen molar-refractivity contribution in [2.24, 2.45) is 11.8 Å². The van der Waals surface area contributed by atoms with E-state index in [-0.39, 0.29) is 23.7 Å². The SMILES string of the molecule is COc1ccccc1C(=O)Oc1ccc(N2C(=O)C3CCCCC3C2=O)cc1. The molecule has 2 aromatic carbocycles. The predicted octanol–water partition coefficient (Wildman–Crippen LogP) is 3.59. The number of nitrogens with zero attached hydrogens (tertiary/aromatic N) is 1. The molecular formula is C22H21NO5. The Labute approximate surface area is 163 Å². The van der Waals surface area contributed by atoms with Crippen LogP contribution >= 0.6 is 0 Å². The number of hydrogen-bond donors (Lipinski definition) is 0. The Hall–Kier alpha value is -3.15. The Kier molecular flexibility index (Phi) is 4.86. The Morgan fingerprint density at radius 1 is 0.929 bits per heavy atom. The van der Waals surface area contributed by atoms with E-state index >= 15 is 0 Å². The average molecular weight is 379 g/mol. The highest BCUT2D eigenvalue weighted by Crippen LogP contribution is 2.40. The van der Waals surface area contributed by atoms with Gasteiger partial charge in [0.1, 0.15) is 17.1 Å². The first kappa shape index (κ1) is 18.2. The molecule has 0 radical (unpaired) electrons. The predicted molar refractivity (Wildman–Crippen MR) is 102 cm³/mol. The number of ether oxygens (including phenoxy) is 2. The van der Waals surface area contributed by atoms with E-state index in [1.807, 2.05) is 0 Å².